The van der Waals surface area contributed by atoms with Gasteiger partial charge in [0.25, 0.3) is 0 Å². The molecular weight excluding hydrogens is 383 g/mol. The van der Waals surface area contributed by atoms with E-state index in [1.165, 1.54) is 12.1 Å². The standard InChI is InChI=1S/C24H21FN2O3/c1-28-22-9-5-7-18(23(22)29-2)24-27-20(17-6-3-4-8-21(17)30-24)14-19(26-27)15-10-12-16(25)13-11-15/h3-13,20,24H,14H2,1-2H3/t20-,24-/m0/s1. The number of fused-ring (bicyclic) bond motifs is 3. The van der Waals surface area contributed by atoms with Crippen LogP contribution in [0.4, 0.5) is 4.39 Å². The van der Waals surface area contributed by atoms with Crippen molar-refractivity contribution in [3.05, 3.63) is 89.2 Å². The summed E-state index contributed by atoms with van der Waals surface area (Å²) in [6, 6.07) is 20.2. The summed E-state index contributed by atoms with van der Waals surface area (Å²) in [4.78, 5) is 0. The molecule has 0 saturated heterocycles. The predicted octanol–water partition coefficient (Wildman–Crippen LogP) is 5.09. The van der Waals surface area contributed by atoms with Crippen LogP contribution >= 0.6 is 0 Å². The number of nitrogens with zero attached hydrogens (tertiary/aromatic N) is 2. The maximum atomic E-state index is 13.4. The van der Waals surface area contributed by atoms with E-state index in [0.29, 0.717) is 17.9 Å². The monoisotopic (exact) mass is 404 g/mol. The minimum absolute atomic E-state index is 0.0101. The van der Waals surface area contributed by atoms with E-state index in [-0.39, 0.29) is 11.9 Å². The zero-order valence-corrected chi connectivity index (χ0v) is 16.7. The zero-order valence-electron chi connectivity index (χ0n) is 16.7. The van der Waals surface area contributed by atoms with E-state index >= 15 is 0 Å². The number of halogens is 1. The van der Waals surface area contributed by atoms with Gasteiger partial charge < -0.3 is 14.2 Å². The number of rotatable bonds is 4. The highest BCUT2D eigenvalue weighted by atomic mass is 19.1. The Morgan fingerprint density at radius 3 is 2.47 bits per heavy atom. The second-order valence-electron chi connectivity index (χ2n) is 7.24. The molecular formula is C24H21FN2O3. The van der Waals surface area contributed by atoms with Crippen LogP contribution in [0.25, 0.3) is 0 Å². The fraction of sp³-hybridized carbons (Fsp3) is 0.208. The fourth-order valence-corrected chi connectivity index (χ4v) is 4.16. The summed E-state index contributed by atoms with van der Waals surface area (Å²) >= 11 is 0. The van der Waals surface area contributed by atoms with Gasteiger partial charge in [0.15, 0.2) is 11.5 Å². The molecule has 2 heterocycles. The summed E-state index contributed by atoms with van der Waals surface area (Å²) < 4.78 is 30.9. The summed E-state index contributed by atoms with van der Waals surface area (Å²) in [5, 5.41) is 6.87. The molecule has 0 saturated carbocycles. The lowest BCUT2D eigenvalue weighted by Crippen LogP contribution is -2.34. The lowest BCUT2D eigenvalue weighted by atomic mass is 9.96. The van der Waals surface area contributed by atoms with Crippen molar-refractivity contribution in [1.82, 2.24) is 5.01 Å². The molecule has 0 aliphatic carbocycles. The van der Waals surface area contributed by atoms with E-state index < -0.39 is 6.23 Å². The first-order valence-electron chi connectivity index (χ1n) is 9.78. The molecule has 2 aliphatic rings. The molecule has 2 atom stereocenters. The van der Waals surface area contributed by atoms with Gasteiger partial charge in [-0.15, -0.1) is 0 Å². The van der Waals surface area contributed by atoms with Gasteiger partial charge >= 0.3 is 0 Å². The molecule has 2 aliphatic heterocycles. The SMILES string of the molecule is COc1cccc([C@@H]2Oc3ccccc3[C@@H]3CC(c4ccc(F)cc4)=NN32)c1OC. The Hall–Kier alpha value is -3.54. The van der Waals surface area contributed by atoms with Gasteiger partial charge in [0.2, 0.25) is 6.23 Å². The fourth-order valence-electron chi connectivity index (χ4n) is 4.16. The number of hydrogen-bond acceptors (Lipinski definition) is 5. The summed E-state index contributed by atoms with van der Waals surface area (Å²) in [7, 11) is 3.23. The molecule has 3 aromatic carbocycles. The predicted molar refractivity (Wildman–Crippen MR) is 111 cm³/mol. The van der Waals surface area contributed by atoms with E-state index in [4.69, 9.17) is 19.3 Å². The third kappa shape index (κ3) is 2.96. The van der Waals surface area contributed by atoms with Crippen LogP contribution < -0.4 is 14.2 Å². The van der Waals surface area contributed by atoms with Crippen molar-refractivity contribution in [2.45, 2.75) is 18.7 Å². The Labute approximate surface area is 174 Å². The molecule has 0 radical (unpaired) electrons. The average molecular weight is 404 g/mol. The summed E-state index contributed by atoms with van der Waals surface area (Å²) in [5.41, 5.74) is 3.71. The third-order valence-electron chi connectivity index (χ3n) is 5.58. The van der Waals surface area contributed by atoms with Gasteiger partial charge in [0.1, 0.15) is 11.6 Å². The second-order valence-corrected chi connectivity index (χ2v) is 7.24. The normalized spacial score (nSPS) is 19.4. The highest BCUT2D eigenvalue weighted by Crippen LogP contribution is 2.49. The van der Waals surface area contributed by atoms with E-state index in [2.05, 4.69) is 6.07 Å². The lowest BCUT2D eigenvalue weighted by Gasteiger charge is -2.38. The first-order chi connectivity index (χ1) is 14.7. The molecule has 3 aromatic rings. The summed E-state index contributed by atoms with van der Waals surface area (Å²) in [6.45, 7) is 0. The number of hydrazone groups is 1. The molecule has 0 amide bonds. The van der Waals surface area contributed by atoms with Crippen molar-refractivity contribution in [2.75, 3.05) is 14.2 Å². The van der Waals surface area contributed by atoms with Crippen LogP contribution in [0.15, 0.2) is 71.8 Å². The van der Waals surface area contributed by atoms with Gasteiger partial charge in [-0.05, 0) is 35.9 Å². The third-order valence-corrected chi connectivity index (χ3v) is 5.58. The lowest BCUT2D eigenvalue weighted by molar-refractivity contribution is -0.0205. The van der Waals surface area contributed by atoms with Crippen LogP contribution in [-0.4, -0.2) is 24.9 Å². The van der Waals surface area contributed by atoms with Gasteiger partial charge in [-0.2, -0.15) is 5.10 Å². The number of methoxy groups -OCH3 is 2. The average Bonchev–Trinajstić information content (AvgIpc) is 3.24. The number of hydrogen-bond donors (Lipinski definition) is 0. The van der Waals surface area contributed by atoms with Crippen LogP contribution in [0.3, 0.4) is 0 Å². The van der Waals surface area contributed by atoms with Crippen LogP contribution in [0, 0.1) is 5.82 Å². The van der Waals surface area contributed by atoms with Gasteiger partial charge in [0.05, 0.1) is 31.5 Å². The van der Waals surface area contributed by atoms with E-state index in [1.54, 1.807) is 26.4 Å². The van der Waals surface area contributed by atoms with Crippen molar-refractivity contribution in [2.24, 2.45) is 5.10 Å². The van der Waals surface area contributed by atoms with Crippen molar-refractivity contribution in [3.63, 3.8) is 0 Å². The van der Waals surface area contributed by atoms with Crippen molar-refractivity contribution in [3.8, 4) is 17.2 Å². The van der Waals surface area contributed by atoms with Crippen LogP contribution in [-0.2, 0) is 0 Å². The molecule has 0 aromatic heterocycles. The molecule has 0 fully saturated rings. The Balaban J connectivity index is 1.62. The van der Waals surface area contributed by atoms with Crippen LogP contribution in [0.2, 0.25) is 0 Å². The Morgan fingerprint density at radius 1 is 0.933 bits per heavy atom. The Kier molecular flexibility index (Phi) is 4.54. The zero-order chi connectivity index (χ0) is 20.7. The molecule has 152 valence electrons. The molecule has 0 N–H and O–H groups in total. The highest BCUT2D eigenvalue weighted by molar-refractivity contribution is 6.01. The number of para-hydroxylation sites is 2. The van der Waals surface area contributed by atoms with Gasteiger partial charge in [-0.1, -0.05) is 36.4 Å². The maximum absolute atomic E-state index is 13.4. The quantitative estimate of drug-likeness (QED) is 0.608. The number of benzene rings is 3. The first kappa shape index (κ1) is 18.5. The second kappa shape index (κ2) is 7.37. The topological polar surface area (TPSA) is 43.3 Å². The molecule has 0 unspecified atom stereocenters. The van der Waals surface area contributed by atoms with Crippen LogP contribution in [0.5, 0.6) is 17.2 Å². The van der Waals surface area contributed by atoms with Crippen molar-refractivity contribution in [1.29, 1.82) is 0 Å². The van der Waals surface area contributed by atoms with E-state index in [9.17, 15) is 4.39 Å². The van der Waals surface area contributed by atoms with Crippen LogP contribution in [0.1, 0.15) is 35.4 Å². The molecule has 0 spiro atoms. The van der Waals surface area contributed by atoms with E-state index in [0.717, 1.165) is 28.2 Å². The largest absolute Gasteiger partial charge is 0.493 e. The molecule has 30 heavy (non-hydrogen) atoms. The highest BCUT2D eigenvalue weighted by Gasteiger charge is 2.42. The van der Waals surface area contributed by atoms with Crippen molar-refractivity contribution < 1.29 is 18.6 Å². The van der Waals surface area contributed by atoms with Crippen molar-refractivity contribution >= 4 is 5.71 Å². The number of ether oxygens (including phenoxy) is 3. The summed E-state index contributed by atoms with van der Waals surface area (Å²) in [5.74, 6) is 1.82. The maximum Gasteiger partial charge on any atom is 0.217 e. The van der Waals surface area contributed by atoms with Gasteiger partial charge in [-0.25, -0.2) is 9.40 Å². The first-order valence-corrected chi connectivity index (χ1v) is 9.78. The molecule has 5 rings (SSSR count). The Bertz CT molecular complexity index is 1110. The van der Waals surface area contributed by atoms with E-state index in [1.807, 2.05) is 41.4 Å². The minimum atomic E-state index is -0.479. The summed E-state index contributed by atoms with van der Waals surface area (Å²) in [6.07, 6.45) is 0.224. The molecule has 5 nitrogen and oxygen atoms in total. The molecule has 0 bridgehead atoms. The molecule has 6 heteroatoms. The minimum Gasteiger partial charge on any atom is -0.493 e. The van der Waals surface area contributed by atoms with Gasteiger partial charge in [-0.3, -0.25) is 0 Å². The Morgan fingerprint density at radius 2 is 1.70 bits per heavy atom. The smallest absolute Gasteiger partial charge is 0.217 e. The van der Waals surface area contributed by atoms with Gasteiger partial charge in [0, 0.05) is 12.0 Å².